The first-order valence-electron chi connectivity index (χ1n) is 7.41. The van der Waals surface area contributed by atoms with Gasteiger partial charge in [-0.05, 0) is 31.5 Å². The Kier molecular flexibility index (Phi) is 5.20. The van der Waals surface area contributed by atoms with Crippen molar-refractivity contribution < 1.29 is 9.53 Å². The van der Waals surface area contributed by atoms with Crippen molar-refractivity contribution in [2.45, 2.75) is 39.9 Å². The van der Waals surface area contributed by atoms with E-state index in [1.54, 1.807) is 20.2 Å². The number of carbonyl (C=O) groups is 1. The average molecular weight is 301 g/mol. The Morgan fingerprint density at radius 3 is 2.55 bits per heavy atom. The van der Waals surface area contributed by atoms with Gasteiger partial charge in [0.2, 0.25) is 5.91 Å². The highest BCUT2D eigenvalue weighted by Crippen LogP contribution is 2.14. The molecule has 1 heterocycles. The Morgan fingerprint density at radius 2 is 2.00 bits per heavy atom. The summed E-state index contributed by atoms with van der Waals surface area (Å²) in [5.74, 6) is 1.80. The van der Waals surface area contributed by atoms with Crippen LogP contribution in [0.15, 0.2) is 36.7 Å². The summed E-state index contributed by atoms with van der Waals surface area (Å²) in [6.07, 6.45) is 3.72. The Morgan fingerprint density at radius 1 is 1.32 bits per heavy atom. The number of nitrogens with zero attached hydrogens (tertiary/aromatic N) is 3. The lowest BCUT2D eigenvalue weighted by molar-refractivity contribution is -0.131. The molecule has 0 aliphatic heterocycles. The van der Waals surface area contributed by atoms with Crippen LogP contribution in [0.5, 0.6) is 5.75 Å². The second-order valence-corrected chi connectivity index (χ2v) is 5.56. The van der Waals surface area contributed by atoms with Crippen LogP contribution < -0.4 is 4.74 Å². The van der Waals surface area contributed by atoms with E-state index in [1.807, 2.05) is 49.2 Å². The number of hydrogen-bond donors (Lipinski definition) is 0. The first-order valence-corrected chi connectivity index (χ1v) is 7.41. The molecule has 118 valence electrons. The summed E-state index contributed by atoms with van der Waals surface area (Å²) in [6.45, 7) is 6.87. The van der Waals surface area contributed by atoms with Crippen molar-refractivity contribution >= 4 is 5.91 Å². The predicted octanol–water partition coefficient (Wildman–Crippen LogP) is 2.70. The molecule has 0 bridgehead atoms. The average Bonchev–Trinajstić information content (AvgIpc) is 2.92. The molecule has 0 saturated heterocycles. The molecule has 0 radical (unpaired) electrons. The van der Waals surface area contributed by atoms with Crippen molar-refractivity contribution in [2.75, 3.05) is 7.11 Å². The molecule has 1 amide bonds. The van der Waals surface area contributed by atoms with E-state index in [1.165, 1.54) is 5.56 Å². The van der Waals surface area contributed by atoms with E-state index >= 15 is 0 Å². The van der Waals surface area contributed by atoms with Gasteiger partial charge < -0.3 is 14.2 Å². The number of benzene rings is 1. The van der Waals surface area contributed by atoms with Gasteiger partial charge in [-0.25, -0.2) is 4.98 Å². The molecule has 22 heavy (non-hydrogen) atoms. The predicted molar refractivity (Wildman–Crippen MR) is 85.7 cm³/mol. The second kappa shape index (κ2) is 7.11. The Hall–Kier alpha value is -2.30. The topological polar surface area (TPSA) is 47.4 Å². The van der Waals surface area contributed by atoms with E-state index < -0.39 is 0 Å². The van der Waals surface area contributed by atoms with Crippen LogP contribution in [-0.2, 0) is 17.9 Å². The van der Waals surface area contributed by atoms with Crippen LogP contribution in [0, 0.1) is 0 Å². The van der Waals surface area contributed by atoms with Gasteiger partial charge in [0.1, 0.15) is 11.6 Å². The third-order valence-corrected chi connectivity index (χ3v) is 3.65. The van der Waals surface area contributed by atoms with Crippen LogP contribution in [0.4, 0.5) is 0 Å². The minimum Gasteiger partial charge on any atom is -0.497 e. The van der Waals surface area contributed by atoms with Crippen LogP contribution in [-0.4, -0.2) is 33.5 Å². The molecule has 0 atom stereocenters. The SMILES string of the molecule is COc1ccc(Cn2ccnc2CN(C(C)=O)C(C)C)cc1. The van der Waals surface area contributed by atoms with Crippen molar-refractivity contribution in [3.05, 3.63) is 48.0 Å². The molecule has 2 aromatic rings. The largest absolute Gasteiger partial charge is 0.497 e. The number of methoxy groups -OCH3 is 1. The van der Waals surface area contributed by atoms with E-state index in [0.29, 0.717) is 6.54 Å². The quantitative estimate of drug-likeness (QED) is 0.824. The highest BCUT2D eigenvalue weighted by atomic mass is 16.5. The summed E-state index contributed by atoms with van der Waals surface area (Å²) in [6, 6.07) is 8.12. The molecule has 5 nitrogen and oxygen atoms in total. The number of rotatable bonds is 6. The summed E-state index contributed by atoms with van der Waals surface area (Å²) in [5.41, 5.74) is 1.17. The zero-order valence-corrected chi connectivity index (χ0v) is 13.6. The summed E-state index contributed by atoms with van der Waals surface area (Å²) >= 11 is 0. The Bertz CT molecular complexity index is 617. The molecule has 0 fully saturated rings. The lowest BCUT2D eigenvalue weighted by Crippen LogP contribution is -2.35. The molecule has 0 spiro atoms. The summed E-state index contributed by atoms with van der Waals surface area (Å²) in [4.78, 5) is 17.9. The molecule has 0 unspecified atom stereocenters. The standard InChI is InChI=1S/C17H23N3O2/c1-13(2)20(14(3)21)12-17-18-9-10-19(17)11-15-5-7-16(22-4)8-6-15/h5-10,13H,11-12H2,1-4H3. The number of carbonyl (C=O) groups excluding carboxylic acids is 1. The highest BCUT2D eigenvalue weighted by Gasteiger charge is 2.16. The Labute approximate surface area is 131 Å². The highest BCUT2D eigenvalue weighted by molar-refractivity contribution is 5.73. The third kappa shape index (κ3) is 3.87. The molecular formula is C17H23N3O2. The van der Waals surface area contributed by atoms with Gasteiger partial charge in [-0.2, -0.15) is 0 Å². The summed E-state index contributed by atoms with van der Waals surface area (Å²) in [7, 11) is 1.66. The van der Waals surface area contributed by atoms with Crippen molar-refractivity contribution in [2.24, 2.45) is 0 Å². The molecule has 1 aromatic carbocycles. The molecular weight excluding hydrogens is 278 g/mol. The molecule has 0 aliphatic rings. The van der Waals surface area contributed by atoms with E-state index in [0.717, 1.165) is 18.1 Å². The van der Waals surface area contributed by atoms with Crippen molar-refractivity contribution in [3.63, 3.8) is 0 Å². The van der Waals surface area contributed by atoms with Crippen LogP contribution in [0.3, 0.4) is 0 Å². The van der Waals surface area contributed by atoms with Crippen molar-refractivity contribution in [3.8, 4) is 5.75 Å². The van der Waals surface area contributed by atoms with Crippen molar-refractivity contribution in [1.29, 1.82) is 0 Å². The van der Waals surface area contributed by atoms with Gasteiger partial charge in [-0.15, -0.1) is 0 Å². The molecule has 0 saturated carbocycles. The minimum atomic E-state index is 0.0639. The van der Waals surface area contributed by atoms with Crippen LogP contribution in [0.2, 0.25) is 0 Å². The van der Waals surface area contributed by atoms with Gasteiger partial charge in [0.05, 0.1) is 13.7 Å². The van der Waals surface area contributed by atoms with Crippen LogP contribution in [0.25, 0.3) is 0 Å². The maximum atomic E-state index is 11.7. The van der Waals surface area contributed by atoms with Gasteiger partial charge in [0, 0.05) is 31.9 Å². The zero-order chi connectivity index (χ0) is 16.1. The van der Waals surface area contributed by atoms with Crippen LogP contribution >= 0.6 is 0 Å². The monoisotopic (exact) mass is 301 g/mol. The lowest BCUT2D eigenvalue weighted by atomic mass is 10.2. The normalized spacial score (nSPS) is 10.8. The fourth-order valence-corrected chi connectivity index (χ4v) is 2.37. The molecule has 1 aromatic heterocycles. The fraction of sp³-hybridized carbons (Fsp3) is 0.412. The lowest BCUT2D eigenvalue weighted by Gasteiger charge is -2.25. The first-order chi connectivity index (χ1) is 10.5. The zero-order valence-electron chi connectivity index (χ0n) is 13.6. The molecule has 0 aliphatic carbocycles. The van der Waals surface area contributed by atoms with E-state index in [2.05, 4.69) is 9.55 Å². The van der Waals surface area contributed by atoms with Gasteiger partial charge >= 0.3 is 0 Å². The molecule has 5 heteroatoms. The fourth-order valence-electron chi connectivity index (χ4n) is 2.37. The smallest absolute Gasteiger partial charge is 0.220 e. The van der Waals surface area contributed by atoms with Crippen LogP contribution in [0.1, 0.15) is 32.2 Å². The minimum absolute atomic E-state index is 0.0639. The third-order valence-electron chi connectivity index (χ3n) is 3.65. The van der Waals surface area contributed by atoms with Crippen molar-refractivity contribution in [1.82, 2.24) is 14.5 Å². The van der Waals surface area contributed by atoms with Gasteiger partial charge in [0.15, 0.2) is 0 Å². The molecule has 2 rings (SSSR count). The van der Waals surface area contributed by atoms with E-state index in [4.69, 9.17) is 4.74 Å². The van der Waals surface area contributed by atoms with Gasteiger partial charge in [-0.1, -0.05) is 12.1 Å². The summed E-state index contributed by atoms with van der Waals surface area (Å²) < 4.78 is 7.24. The number of ether oxygens (including phenoxy) is 1. The van der Waals surface area contributed by atoms with Gasteiger partial charge in [-0.3, -0.25) is 4.79 Å². The van der Waals surface area contributed by atoms with E-state index in [9.17, 15) is 4.79 Å². The van der Waals surface area contributed by atoms with Gasteiger partial charge in [0.25, 0.3) is 0 Å². The second-order valence-electron chi connectivity index (χ2n) is 5.56. The maximum absolute atomic E-state index is 11.7. The maximum Gasteiger partial charge on any atom is 0.220 e. The Balaban J connectivity index is 2.13. The summed E-state index contributed by atoms with van der Waals surface area (Å²) in [5, 5.41) is 0. The van der Waals surface area contributed by atoms with E-state index in [-0.39, 0.29) is 11.9 Å². The molecule has 0 N–H and O–H groups in total. The first kappa shape index (κ1) is 16.1. The number of imidazole rings is 1. The number of hydrogen-bond acceptors (Lipinski definition) is 3. The number of amides is 1. The number of aromatic nitrogens is 2.